The molecule has 95 heavy (non-hydrogen) atoms. The fourth-order valence-corrected chi connectivity index (χ4v) is 9.95. The van der Waals surface area contributed by atoms with Crippen LogP contribution in [0.3, 0.4) is 0 Å². The lowest BCUT2D eigenvalue weighted by Gasteiger charge is -2.57. The second kappa shape index (κ2) is 33.6. The van der Waals surface area contributed by atoms with E-state index < -0.39 is 272 Å². The number of hydrogen-bond donors (Lipinski definition) is 18. The number of esters is 2. The van der Waals surface area contributed by atoms with Crippen LogP contribution in [-0.4, -0.2) is 214 Å². The van der Waals surface area contributed by atoms with Crippen molar-refractivity contribution in [2.45, 2.75) is 144 Å². The van der Waals surface area contributed by atoms with Gasteiger partial charge in [0.05, 0.1) is 54.7 Å². The molecule has 0 saturated carbocycles. The van der Waals surface area contributed by atoms with Crippen LogP contribution < -0.4 is 56.7 Å². The third kappa shape index (κ3) is 18.1. The summed E-state index contributed by atoms with van der Waals surface area (Å²) >= 11 is 0. The Kier molecular flexibility index (Phi) is 27.8. The van der Waals surface area contributed by atoms with Gasteiger partial charge in [-0.25, -0.2) is 19.6 Å². The Hall–Kier alpha value is -10.8. The van der Waals surface area contributed by atoms with Crippen LogP contribution in [0.25, 0.3) is 11.2 Å². The van der Waals surface area contributed by atoms with Gasteiger partial charge in [0.2, 0.25) is 22.8 Å². The summed E-state index contributed by atoms with van der Waals surface area (Å²) in [5, 5.41) is 83.9. The summed E-state index contributed by atoms with van der Waals surface area (Å²) in [5.74, 6) is -42.8. The normalized spacial score (nSPS) is 14.9. The Labute approximate surface area is 532 Å². The largest absolute Gasteiger partial charge is 0.481 e. The Morgan fingerprint density at radius 3 is 1.26 bits per heavy atom. The number of aromatic nitrogens is 4. The molecule has 1 aromatic carbocycles. The van der Waals surface area contributed by atoms with Crippen molar-refractivity contribution in [3.05, 3.63) is 52.1 Å². The van der Waals surface area contributed by atoms with E-state index in [2.05, 4.69) is 25.3 Å². The van der Waals surface area contributed by atoms with E-state index in [0.717, 1.165) is 18.3 Å². The van der Waals surface area contributed by atoms with Gasteiger partial charge in [0.1, 0.15) is 6.04 Å². The molecule has 3 rings (SSSR count). The van der Waals surface area contributed by atoms with Gasteiger partial charge in [-0.1, -0.05) is 0 Å². The van der Waals surface area contributed by atoms with Gasteiger partial charge in [-0.3, -0.25) is 86.6 Å². The molecular formula is C54H68N14O27. The highest BCUT2D eigenvalue weighted by Crippen LogP contribution is 2.58. The molecule has 41 nitrogen and oxygen atoms in total. The summed E-state index contributed by atoms with van der Waals surface area (Å²) in [6, 6.07) is -18.6. The number of nitrogens with zero attached hydrogens (tertiary/aromatic N) is 4. The van der Waals surface area contributed by atoms with Crippen molar-refractivity contribution in [2.75, 3.05) is 11.1 Å². The minimum atomic E-state index is -5.86. The van der Waals surface area contributed by atoms with Gasteiger partial charge in [0.15, 0.2) is 45.5 Å². The number of nitrogens with one attached hydrogen (secondary N) is 2. The molecule has 0 radical (unpaired) electrons. The minimum Gasteiger partial charge on any atom is -0.481 e. The molecule has 0 aliphatic carbocycles. The smallest absolute Gasteiger partial charge is 0.349 e. The highest BCUT2D eigenvalue weighted by Gasteiger charge is 2.88. The topological polar surface area (TPSA) is 756 Å². The summed E-state index contributed by atoms with van der Waals surface area (Å²) in [5.41, 5.74) is 29.5. The number of rotatable bonds is 42. The quantitative estimate of drug-likeness (QED) is 0.0185. The van der Waals surface area contributed by atoms with E-state index in [1.807, 2.05) is 0 Å². The first-order chi connectivity index (χ1) is 44.2. The lowest BCUT2D eigenvalue weighted by atomic mass is 9.42. The zero-order valence-electron chi connectivity index (χ0n) is 49.8. The third-order valence-electron chi connectivity index (χ3n) is 14.6. The number of carboxylic acids is 8. The molecule has 26 N–H and O–H groups in total. The Bertz CT molecular complexity index is 3540. The van der Waals surface area contributed by atoms with Crippen LogP contribution in [0.2, 0.25) is 0 Å². The van der Waals surface area contributed by atoms with Crippen molar-refractivity contribution < 1.29 is 127 Å². The number of aromatic amines is 1. The standard InChI is InChI=1S/C54H68N14O27/c55-24(5-12-31(69)70)39(83)52(49(92)93,40(84)25(56)6-13-32(71)72)53(41(85)26(57)7-14-33(73)74,42(86)27(58)8-15-34(75)76)54(43(87)28(59)9-16-35(77)78,50(94)95-48(91)30(61)11-18-37(81)82)68(47(90)29(60)10-17-36(79)80)46(89)21-1-3-22(4-2-21)63-19-23-20-64-44-38(65-23)45(88)67-51(62)66-44/h1-4,20,24-30,63H,5-19,55-61H2,(H,69,70)(H,71,72)(H,73,74)(H,75,76)(H,77,78)(H,79,80)(H,81,82)(H,92,93)(H3,62,64,66,67,88)/t24-,25+,26-,27-,28-,29-,30-,52?,54?/m0/s1. The number of Topliss-reactive ketones (excluding diaryl/α,β-unsaturated/α-hetero) is 5. The molecule has 2 unspecified atom stereocenters. The number of benzene rings is 1. The van der Waals surface area contributed by atoms with Gasteiger partial charge in [-0.15, -0.1) is 0 Å². The van der Waals surface area contributed by atoms with Crippen LogP contribution in [0, 0.1) is 10.8 Å². The second-order valence-electron chi connectivity index (χ2n) is 21.2. The number of carboxylic acid groups (broad SMARTS) is 8. The number of anilines is 2. The maximum absolute atomic E-state index is 16.9. The van der Waals surface area contributed by atoms with E-state index in [-0.39, 0.29) is 28.5 Å². The SMILES string of the molecule is Nc1nc2ncc(CNc3ccc(C(=O)N(C(=O)[C@@H](N)CCC(=O)O)C(C(=O)OC(=O)[C@@H](N)CCC(=O)O)(C(=O)[C@@H](N)CCC(=O)O)C(C(=O)[C@@H](N)CCC(=O)O)(C(=O)[C@@H](N)CCC(=O)O)C(C(=O)O)(C(=O)[C@H](N)CCC(=O)O)C(=O)[C@@H](N)CCC(=O)O)cc3)nc2c(=O)[nH]1. The van der Waals surface area contributed by atoms with Gasteiger partial charge in [-0.05, 0) is 69.2 Å². The molecule has 2 amide bonds. The molecular weight excluding hydrogens is 1280 g/mol. The molecule has 2 aromatic heterocycles. The number of H-pyrrole nitrogens is 1. The first kappa shape index (κ1) is 78.4. The summed E-state index contributed by atoms with van der Waals surface area (Å²) in [6.07, 6.45) is -19.2. The van der Waals surface area contributed by atoms with Crippen molar-refractivity contribution in [1.29, 1.82) is 0 Å². The van der Waals surface area contributed by atoms with Crippen LogP contribution in [0.4, 0.5) is 11.6 Å². The molecule has 3 aromatic rings. The highest BCUT2D eigenvalue weighted by atomic mass is 16.6. The number of hydrogen-bond acceptors (Lipinski definition) is 31. The van der Waals surface area contributed by atoms with E-state index in [1.54, 1.807) is 0 Å². The van der Waals surface area contributed by atoms with E-state index in [9.17, 15) is 84.0 Å². The first-order valence-electron chi connectivity index (χ1n) is 28.0. The maximum Gasteiger partial charge on any atom is 0.349 e. The number of fused-ring (bicyclic) bond motifs is 1. The number of amides is 2. The van der Waals surface area contributed by atoms with Gasteiger partial charge in [-0.2, -0.15) is 4.98 Å². The number of imide groups is 1. The summed E-state index contributed by atoms with van der Waals surface area (Å²) in [6.45, 7) is -0.400. The molecule has 0 bridgehead atoms. The summed E-state index contributed by atoms with van der Waals surface area (Å²) < 4.78 is 5.08. The number of ether oxygens (including phenoxy) is 1. The van der Waals surface area contributed by atoms with Gasteiger partial charge in [0, 0.05) is 56.2 Å². The van der Waals surface area contributed by atoms with Crippen molar-refractivity contribution in [3.63, 3.8) is 0 Å². The van der Waals surface area contributed by atoms with Crippen molar-refractivity contribution in [3.8, 4) is 0 Å². The number of nitrogen functional groups attached to an aromatic ring is 1. The Balaban J connectivity index is 3.17. The Morgan fingerprint density at radius 2 is 0.874 bits per heavy atom. The predicted molar refractivity (Wildman–Crippen MR) is 313 cm³/mol. The predicted octanol–water partition coefficient (Wildman–Crippen LogP) is -6.07. The first-order valence-corrected chi connectivity index (χ1v) is 28.0. The molecule has 0 spiro atoms. The van der Waals surface area contributed by atoms with Crippen molar-refractivity contribution in [1.82, 2.24) is 24.8 Å². The van der Waals surface area contributed by atoms with E-state index >= 15 is 43.2 Å². The molecule has 2 heterocycles. The average molecular weight is 1350 g/mol. The zero-order valence-corrected chi connectivity index (χ0v) is 49.8. The summed E-state index contributed by atoms with van der Waals surface area (Å²) in [4.78, 5) is 274. The van der Waals surface area contributed by atoms with Crippen LogP contribution in [0.5, 0.6) is 0 Å². The lowest BCUT2D eigenvalue weighted by Crippen LogP contribution is -2.88. The second-order valence-corrected chi connectivity index (χ2v) is 21.2. The molecule has 0 aliphatic rings. The average Bonchev–Trinajstić information content (AvgIpc) is 0.659. The molecule has 0 aliphatic heterocycles. The van der Waals surface area contributed by atoms with Crippen LogP contribution in [0.1, 0.15) is 106 Å². The highest BCUT2D eigenvalue weighted by molar-refractivity contribution is 6.39. The molecule has 516 valence electrons. The number of nitrogens with two attached hydrogens (primary N) is 8. The summed E-state index contributed by atoms with van der Waals surface area (Å²) in [7, 11) is 0. The Morgan fingerprint density at radius 1 is 0.505 bits per heavy atom. The van der Waals surface area contributed by atoms with Crippen LogP contribution in [0.15, 0.2) is 35.3 Å². The molecule has 0 saturated heterocycles. The van der Waals surface area contributed by atoms with Crippen molar-refractivity contribution in [2.24, 2.45) is 51.0 Å². The minimum absolute atomic E-state index is 0.0229. The third-order valence-corrected chi connectivity index (χ3v) is 14.6. The molecule has 41 heteroatoms. The van der Waals surface area contributed by atoms with Crippen LogP contribution >= 0.6 is 0 Å². The van der Waals surface area contributed by atoms with E-state index in [1.165, 1.54) is 0 Å². The van der Waals surface area contributed by atoms with E-state index in [0.29, 0.717) is 12.1 Å². The maximum atomic E-state index is 16.9. The lowest BCUT2D eigenvalue weighted by molar-refractivity contribution is -0.202. The zero-order chi connectivity index (χ0) is 72.4. The number of ketones is 5. The number of aliphatic carboxylic acids is 8. The van der Waals surface area contributed by atoms with Crippen LogP contribution in [-0.2, 0) is 88.0 Å². The van der Waals surface area contributed by atoms with E-state index in [4.69, 9.17) is 50.6 Å². The monoisotopic (exact) mass is 1340 g/mol. The molecule has 0 fully saturated rings. The van der Waals surface area contributed by atoms with Gasteiger partial charge >= 0.3 is 59.7 Å². The fourth-order valence-electron chi connectivity index (χ4n) is 9.95. The number of carbonyl (C=O) groups excluding carboxylic acids is 9. The van der Waals surface area contributed by atoms with Gasteiger partial charge < -0.3 is 96.8 Å². The molecule has 9 atom stereocenters. The number of carbonyl (C=O) groups is 17. The fraction of sp³-hybridized carbons (Fsp3) is 0.463. The van der Waals surface area contributed by atoms with Gasteiger partial charge in [0.25, 0.3) is 11.5 Å². The van der Waals surface area contributed by atoms with Crippen molar-refractivity contribution >= 4 is 123 Å².